The average molecular weight is 280 g/mol. The van der Waals surface area contributed by atoms with Crippen molar-refractivity contribution in [1.82, 2.24) is 10.3 Å². The first kappa shape index (κ1) is 14.9. The van der Waals surface area contributed by atoms with Gasteiger partial charge in [0.15, 0.2) is 0 Å². The molecule has 5 heteroatoms. The van der Waals surface area contributed by atoms with Crippen LogP contribution in [-0.4, -0.2) is 28.1 Å². The molecule has 0 unspecified atom stereocenters. The summed E-state index contributed by atoms with van der Waals surface area (Å²) in [6, 6.07) is 2.53. The molecule has 1 aromatic heterocycles. The highest BCUT2D eigenvalue weighted by Crippen LogP contribution is 2.33. The quantitative estimate of drug-likeness (QED) is 0.832. The van der Waals surface area contributed by atoms with Gasteiger partial charge in [0.2, 0.25) is 5.95 Å². The van der Waals surface area contributed by atoms with Crippen molar-refractivity contribution in [2.45, 2.75) is 44.6 Å². The Kier molecular flexibility index (Phi) is 4.70. The number of carbonyl (C=O) groups is 1. The molecule has 2 rings (SSSR count). The molecule has 1 aromatic rings. The fraction of sp³-hybridized carbons (Fsp3) is 0.600. The summed E-state index contributed by atoms with van der Waals surface area (Å²) in [4.78, 5) is 15.3. The van der Waals surface area contributed by atoms with E-state index >= 15 is 0 Å². The van der Waals surface area contributed by atoms with Crippen LogP contribution in [-0.2, 0) is 0 Å². The third-order valence-corrected chi connectivity index (χ3v) is 4.18. The Morgan fingerprint density at radius 1 is 1.50 bits per heavy atom. The number of hydrogen-bond donors (Lipinski definition) is 2. The molecule has 1 heterocycles. The minimum Gasteiger partial charge on any atom is -0.388 e. The van der Waals surface area contributed by atoms with Gasteiger partial charge in [0, 0.05) is 12.7 Å². The van der Waals surface area contributed by atoms with Crippen molar-refractivity contribution in [1.29, 1.82) is 0 Å². The number of carbonyl (C=O) groups excluding carboxylic acids is 1. The molecule has 20 heavy (non-hydrogen) atoms. The maximum Gasteiger partial charge on any atom is 0.252 e. The number of pyridine rings is 1. The van der Waals surface area contributed by atoms with Crippen molar-refractivity contribution in [3.63, 3.8) is 0 Å². The van der Waals surface area contributed by atoms with E-state index in [2.05, 4.69) is 17.2 Å². The number of amides is 1. The van der Waals surface area contributed by atoms with Gasteiger partial charge in [-0.2, -0.15) is 4.39 Å². The molecule has 0 bridgehead atoms. The van der Waals surface area contributed by atoms with Gasteiger partial charge in [-0.25, -0.2) is 4.98 Å². The zero-order valence-corrected chi connectivity index (χ0v) is 11.7. The van der Waals surface area contributed by atoms with Gasteiger partial charge < -0.3 is 10.4 Å². The lowest BCUT2D eigenvalue weighted by Gasteiger charge is -2.35. The minimum atomic E-state index is -0.811. The molecule has 1 aliphatic rings. The zero-order valence-electron chi connectivity index (χ0n) is 11.7. The summed E-state index contributed by atoms with van der Waals surface area (Å²) in [6.07, 6.45) is 5.77. The number of nitrogens with one attached hydrogen (secondary N) is 1. The summed E-state index contributed by atoms with van der Waals surface area (Å²) in [5, 5.41) is 13.1. The molecule has 1 amide bonds. The van der Waals surface area contributed by atoms with Crippen molar-refractivity contribution in [2.24, 2.45) is 5.92 Å². The second-order valence-corrected chi connectivity index (χ2v) is 5.63. The third-order valence-electron chi connectivity index (χ3n) is 4.18. The Balaban J connectivity index is 1.85. The molecule has 110 valence electrons. The number of aliphatic hydroxyl groups is 1. The van der Waals surface area contributed by atoms with E-state index in [4.69, 9.17) is 0 Å². The molecule has 1 aliphatic carbocycles. The number of aromatic nitrogens is 1. The predicted octanol–water partition coefficient (Wildman–Crippen LogP) is 2.28. The van der Waals surface area contributed by atoms with Crippen LogP contribution in [0, 0.1) is 11.9 Å². The van der Waals surface area contributed by atoms with E-state index in [1.165, 1.54) is 12.3 Å². The molecule has 0 radical (unpaired) electrons. The van der Waals surface area contributed by atoms with Crippen molar-refractivity contribution < 1.29 is 14.3 Å². The van der Waals surface area contributed by atoms with Gasteiger partial charge in [0.1, 0.15) is 0 Å². The van der Waals surface area contributed by atoms with Crippen molar-refractivity contribution >= 4 is 5.91 Å². The molecular weight excluding hydrogens is 259 g/mol. The van der Waals surface area contributed by atoms with Gasteiger partial charge in [0.25, 0.3) is 5.91 Å². The summed E-state index contributed by atoms with van der Waals surface area (Å²) in [6.45, 7) is 2.40. The van der Waals surface area contributed by atoms with Crippen LogP contribution in [0.5, 0.6) is 0 Å². The Morgan fingerprint density at radius 2 is 2.20 bits per heavy atom. The lowest BCUT2D eigenvalue weighted by Crippen LogP contribution is -2.45. The molecule has 0 spiro atoms. The second-order valence-electron chi connectivity index (χ2n) is 5.63. The van der Waals surface area contributed by atoms with Crippen LogP contribution in [0.4, 0.5) is 4.39 Å². The van der Waals surface area contributed by atoms with Gasteiger partial charge >= 0.3 is 0 Å². The van der Waals surface area contributed by atoms with Crippen LogP contribution < -0.4 is 5.32 Å². The van der Waals surface area contributed by atoms with Gasteiger partial charge in [-0.05, 0) is 43.7 Å². The molecule has 1 saturated carbocycles. The van der Waals surface area contributed by atoms with E-state index in [9.17, 15) is 14.3 Å². The van der Waals surface area contributed by atoms with Gasteiger partial charge in [-0.1, -0.05) is 13.3 Å². The summed E-state index contributed by atoms with van der Waals surface area (Å²) in [5.41, 5.74) is -0.508. The van der Waals surface area contributed by atoms with E-state index in [1.807, 2.05) is 0 Å². The first-order valence-corrected chi connectivity index (χ1v) is 7.14. The average Bonchev–Trinajstić information content (AvgIpc) is 2.46. The fourth-order valence-corrected chi connectivity index (χ4v) is 2.66. The van der Waals surface area contributed by atoms with Crippen LogP contribution in [0.15, 0.2) is 18.3 Å². The van der Waals surface area contributed by atoms with E-state index in [0.29, 0.717) is 24.3 Å². The highest BCUT2D eigenvalue weighted by Gasteiger charge is 2.32. The van der Waals surface area contributed by atoms with Crippen LogP contribution in [0.25, 0.3) is 0 Å². The smallest absolute Gasteiger partial charge is 0.252 e. The van der Waals surface area contributed by atoms with Gasteiger partial charge in [0.05, 0.1) is 11.2 Å². The molecule has 4 nitrogen and oxygen atoms in total. The number of nitrogens with zero attached hydrogens (tertiary/aromatic N) is 1. The lowest BCUT2D eigenvalue weighted by molar-refractivity contribution is -0.00787. The first-order valence-electron chi connectivity index (χ1n) is 7.14. The monoisotopic (exact) mass is 280 g/mol. The molecule has 0 aliphatic heterocycles. The van der Waals surface area contributed by atoms with E-state index in [0.717, 1.165) is 25.3 Å². The fourth-order valence-electron chi connectivity index (χ4n) is 2.66. The van der Waals surface area contributed by atoms with Crippen molar-refractivity contribution in [2.75, 3.05) is 6.54 Å². The summed E-state index contributed by atoms with van der Waals surface area (Å²) in [5.74, 6) is -0.256. The number of hydrogen-bond acceptors (Lipinski definition) is 3. The Labute approximate surface area is 118 Å². The Morgan fingerprint density at radius 3 is 2.75 bits per heavy atom. The van der Waals surface area contributed by atoms with E-state index < -0.39 is 11.5 Å². The van der Waals surface area contributed by atoms with Crippen LogP contribution in [0.1, 0.15) is 49.4 Å². The Hall–Kier alpha value is -1.49. The van der Waals surface area contributed by atoms with Crippen LogP contribution in [0.2, 0.25) is 0 Å². The first-order chi connectivity index (χ1) is 9.52. The number of rotatable bonds is 4. The third kappa shape index (κ3) is 3.76. The highest BCUT2D eigenvalue weighted by atomic mass is 19.1. The van der Waals surface area contributed by atoms with E-state index in [1.54, 1.807) is 0 Å². The molecule has 0 saturated heterocycles. The zero-order chi connectivity index (χ0) is 14.6. The normalized spacial score (nSPS) is 26.2. The van der Waals surface area contributed by atoms with Crippen molar-refractivity contribution in [3.05, 3.63) is 29.8 Å². The standard InChI is InChI=1S/C15H21FN2O2/c1-2-11-5-7-15(20,8-6-11)10-18-14(19)12-3-4-13(16)17-9-12/h3-4,9,11,20H,2,5-8,10H2,1H3,(H,18,19). The lowest BCUT2D eigenvalue weighted by atomic mass is 9.78. The number of halogens is 1. The summed E-state index contributed by atoms with van der Waals surface area (Å²) in [7, 11) is 0. The molecule has 2 N–H and O–H groups in total. The molecular formula is C15H21FN2O2. The SMILES string of the molecule is CCC1CCC(O)(CNC(=O)c2ccc(F)nc2)CC1. The molecule has 0 atom stereocenters. The van der Waals surface area contributed by atoms with Crippen LogP contribution in [0.3, 0.4) is 0 Å². The summed E-state index contributed by atoms with van der Waals surface area (Å²) >= 11 is 0. The highest BCUT2D eigenvalue weighted by molar-refractivity contribution is 5.93. The molecule has 0 aromatic carbocycles. The maximum atomic E-state index is 12.7. The van der Waals surface area contributed by atoms with E-state index in [-0.39, 0.29) is 12.5 Å². The Bertz CT molecular complexity index is 453. The summed E-state index contributed by atoms with van der Waals surface area (Å²) < 4.78 is 12.7. The van der Waals surface area contributed by atoms with Gasteiger partial charge in [-0.15, -0.1) is 0 Å². The minimum absolute atomic E-state index is 0.236. The molecule has 1 fully saturated rings. The second kappa shape index (κ2) is 6.31. The van der Waals surface area contributed by atoms with Crippen LogP contribution >= 0.6 is 0 Å². The van der Waals surface area contributed by atoms with Crippen molar-refractivity contribution in [3.8, 4) is 0 Å². The maximum absolute atomic E-state index is 12.7. The topological polar surface area (TPSA) is 62.2 Å². The predicted molar refractivity (Wildman–Crippen MR) is 73.7 cm³/mol. The largest absolute Gasteiger partial charge is 0.388 e. The van der Waals surface area contributed by atoms with Gasteiger partial charge in [-0.3, -0.25) is 4.79 Å².